The normalized spacial score (nSPS) is 10.6. The van der Waals surface area contributed by atoms with E-state index in [1.54, 1.807) is 20.8 Å². The highest BCUT2D eigenvalue weighted by atomic mass is 19.1. The van der Waals surface area contributed by atoms with E-state index in [4.69, 9.17) is 5.73 Å². The van der Waals surface area contributed by atoms with Crippen LogP contribution in [0.2, 0.25) is 0 Å². The number of anilines is 1. The third-order valence-corrected chi connectivity index (χ3v) is 2.77. The highest BCUT2D eigenvalue weighted by Gasteiger charge is 2.27. The van der Waals surface area contributed by atoms with Gasteiger partial charge in [-0.25, -0.2) is 4.39 Å². The number of hydrogen-bond donors (Lipinski definition) is 1. The lowest BCUT2D eigenvalue weighted by Crippen LogP contribution is -2.37. The maximum atomic E-state index is 13.3. The number of halogens is 1. The molecule has 0 aromatic heterocycles. The number of nitro benzene ring substituents is 1. The van der Waals surface area contributed by atoms with Crippen LogP contribution in [-0.4, -0.2) is 28.3 Å². The number of nitrogens with two attached hydrogens (primary N) is 1. The van der Waals surface area contributed by atoms with Crippen LogP contribution in [0.3, 0.4) is 0 Å². The van der Waals surface area contributed by atoms with Crippen LogP contribution in [0.1, 0.15) is 31.1 Å². The fraction of sp³-hybridized carbons (Fsp3) is 0.417. The summed E-state index contributed by atoms with van der Waals surface area (Å²) in [5, 5.41) is 10.9. The van der Waals surface area contributed by atoms with Gasteiger partial charge < -0.3 is 10.6 Å². The van der Waals surface area contributed by atoms with E-state index in [1.807, 2.05) is 0 Å². The summed E-state index contributed by atoms with van der Waals surface area (Å²) in [7, 11) is 0. The summed E-state index contributed by atoms with van der Waals surface area (Å²) in [6.07, 6.45) is 0. The van der Waals surface area contributed by atoms with E-state index in [2.05, 4.69) is 0 Å². The van der Waals surface area contributed by atoms with E-state index in [0.717, 1.165) is 6.07 Å². The van der Waals surface area contributed by atoms with Crippen LogP contribution < -0.4 is 5.73 Å². The molecule has 0 bridgehead atoms. The molecule has 0 spiro atoms. The van der Waals surface area contributed by atoms with Crippen molar-refractivity contribution in [2.24, 2.45) is 0 Å². The van der Waals surface area contributed by atoms with Gasteiger partial charge in [0.2, 0.25) is 0 Å². The summed E-state index contributed by atoms with van der Waals surface area (Å²) in [4.78, 5) is 23.8. The molecule has 0 heterocycles. The molecule has 19 heavy (non-hydrogen) atoms. The second kappa shape index (κ2) is 5.64. The Bertz CT molecular complexity index is 517. The Morgan fingerprint density at radius 3 is 2.53 bits per heavy atom. The Kier molecular flexibility index (Phi) is 4.42. The van der Waals surface area contributed by atoms with E-state index in [1.165, 1.54) is 4.90 Å². The molecule has 7 heteroatoms. The van der Waals surface area contributed by atoms with Crippen molar-refractivity contribution < 1.29 is 14.1 Å². The fourth-order valence-electron chi connectivity index (χ4n) is 1.80. The second-order valence-corrected chi connectivity index (χ2v) is 4.33. The van der Waals surface area contributed by atoms with Gasteiger partial charge in [0.15, 0.2) is 5.82 Å². The van der Waals surface area contributed by atoms with Crippen LogP contribution in [0.5, 0.6) is 0 Å². The number of rotatable bonds is 4. The lowest BCUT2D eigenvalue weighted by Gasteiger charge is -2.25. The molecule has 1 aromatic carbocycles. The van der Waals surface area contributed by atoms with Crippen molar-refractivity contribution >= 4 is 17.3 Å². The zero-order valence-electron chi connectivity index (χ0n) is 11.0. The van der Waals surface area contributed by atoms with Crippen LogP contribution >= 0.6 is 0 Å². The smallest absolute Gasteiger partial charge is 0.285 e. The van der Waals surface area contributed by atoms with Gasteiger partial charge in [-0.05, 0) is 26.8 Å². The van der Waals surface area contributed by atoms with Crippen LogP contribution in [0.15, 0.2) is 12.1 Å². The topological polar surface area (TPSA) is 89.5 Å². The number of nitrogens with zero attached hydrogens (tertiary/aromatic N) is 2. The number of carbonyl (C=O) groups excluding carboxylic acids is 1. The van der Waals surface area contributed by atoms with E-state index in [-0.39, 0.29) is 17.3 Å². The Labute approximate surface area is 110 Å². The van der Waals surface area contributed by atoms with Gasteiger partial charge in [0.05, 0.1) is 16.7 Å². The molecule has 0 aliphatic carbocycles. The maximum absolute atomic E-state index is 13.3. The van der Waals surface area contributed by atoms with Crippen molar-refractivity contribution in [3.8, 4) is 0 Å². The molecule has 1 aromatic rings. The minimum absolute atomic E-state index is 0.122. The first-order chi connectivity index (χ1) is 8.79. The Morgan fingerprint density at radius 2 is 2.11 bits per heavy atom. The molecule has 0 saturated heterocycles. The number of carbonyl (C=O) groups is 1. The standard InChI is InChI=1S/C12H16FN3O3/c1-4-15(7(2)3)12(17)8-5-10(14)9(13)6-11(8)16(18)19/h5-7H,4,14H2,1-3H3. The highest BCUT2D eigenvalue weighted by molar-refractivity contribution is 5.99. The van der Waals surface area contributed by atoms with Crippen molar-refractivity contribution in [1.82, 2.24) is 4.90 Å². The lowest BCUT2D eigenvalue weighted by atomic mass is 10.1. The summed E-state index contributed by atoms with van der Waals surface area (Å²) >= 11 is 0. The van der Waals surface area contributed by atoms with Crippen LogP contribution in [0, 0.1) is 15.9 Å². The molecule has 2 N–H and O–H groups in total. The molecule has 0 aliphatic rings. The zero-order chi connectivity index (χ0) is 14.7. The molecule has 6 nitrogen and oxygen atoms in total. The summed E-state index contributed by atoms with van der Waals surface area (Å²) in [5.41, 5.74) is 4.32. The van der Waals surface area contributed by atoms with Crippen molar-refractivity contribution in [1.29, 1.82) is 0 Å². The molecule has 0 atom stereocenters. The average Bonchev–Trinajstić information content (AvgIpc) is 2.31. The molecule has 0 radical (unpaired) electrons. The molecule has 0 fully saturated rings. The van der Waals surface area contributed by atoms with Gasteiger partial charge in [-0.15, -0.1) is 0 Å². The van der Waals surface area contributed by atoms with Gasteiger partial charge in [0, 0.05) is 12.6 Å². The minimum Gasteiger partial charge on any atom is -0.396 e. The van der Waals surface area contributed by atoms with Crippen molar-refractivity contribution in [2.45, 2.75) is 26.8 Å². The van der Waals surface area contributed by atoms with Crippen molar-refractivity contribution in [2.75, 3.05) is 12.3 Å². The van der Waals surface area contributed by atoms with Crippen molar-refractivity contribution in [3.63, 3.8) is 0 Å². The van der Waals surface area contributed by atoms with E-state index in [9.17, 15) is 19.3 Å². The first-order valence-electron chi connectivity index (χ1n) is 5.84. The summed E-state index contributed by atoms with van der Waals surface area (Å²) in [6.45, 7) is 5.74. The quantitative estimate of drug-likeness (QED) is 0.515. The third-order valence-electron chi connectivity index (χ3n) is 2.77. The van der Waals surface area contributed by atoms with Crippen LogP contribution in [0.4, 0.5) is 15.8 Å². The third kappa shape index (κ3) is 2.98. The first kappa shape index (κ1) is 14.9. The average molecular weight is 269 g/mol. The number of hydrogen-bond acceptors (Lipinski definition) is 4. The van der Waals surface area contributed by atoms with E-state index in [0.29, 0.717) is 12.6 Å². The predicted octanol–water partition coefficient (Wildman–Crippen LogP) is 2.19. The van der Waals surface area contributed by atoms with Gasteiger partial charge >= 0.3 is 0 Å². The number of benzene rings is 1. The molecule has 104 valence electrons. The highest BCUT2D eigenvalue weighted by Crippen LogP contribution is 2.26. The first-order valence-corrected chi connectivity index (χ1v) is 5.84. The number of nitro groups is 1. The summed E-state index contributed by atoms with van der Waals surface area (Å²) in [5.74, 6) is -1.44. The number of amides is 1. The van der Waals surface area contributed by atoms with Gasteiger partial charge in [-0.1, -0.05) is 0 Å². The van der Waals surface area contributed by atoms with Gasteiger partial charge in [-0.3, -0.25) is 14.9 Å². The lowest BCUT2D eigenvalue weighted by molar-refractivity contribution is -0.385. The number of nitrogen functional groups attached to an aromatic ring is 1. The summed E-state index contributed by atoms with van der Waals surface area (Å²) < 4.78 is 13.3. The molecule has 1 amide bonds. The van der Waals surface area contributed by atoms with E-state index < -0.39 is 22.3 Å². The van der Waals surface area contributed by atoms with E-state index >= 15 is 0 Å². The maximum Gasteiger partial charge on any atom is 0.285 e. The molecule has 0 unspecified atom stereocenters. The predicted molar refractivity (Wildman–Crippen MR) is 69.3 cm³/mol. The Balaban J connectivity index is 3.36. The SMILES string of the molecule is CCN(C(=O)c1cc(N)c(F)cc1[N+](=O)[O-])C(C)C. The molecule has 0 aliphatic heterocycles. The van der Waals surface area contributed by atoms with Crippen LogP contribution in [0.25, 0.3) is 0 Å². The van der Waals surface area contributed by atoms with Crippen molar-refractivity contribution in [3.05, 3.63) is 33.6 Å². The minimum atomic E-state index is -0.907. The molecular weight excluding hydrogens is 253 g/mol. The van der Waals surface area contributed by atoms with Gasteiger partial charge in [0.25, 0.3) is 11.6 Å². The molecule has 0 saturated carbocycles. The zero-order valence-corrected chi connectivity index (χ0v) is 11.0. The van der Waals surface area contributed by atoms with Crippen LogP contribution in [-0.2, 0) is 0 Å². The largest absolute Gasteiger partial charge is 0.396 e. The Hall–Kier alpha value is -2.18. The summed E-state index contributed by atoms with van der Waals surface area (Å²) in [6, 6.07) is 1.57. The monoisotopic (exact) mass is 269 g/mol. The second-order valence-electron chi connectivity index (χ2n) is 4.33. The molecular formula is C12H16FN3O3. The van der Waals surface area contributed by atoms with Gasteiger partial charge in [0.1, 0.15) is 5.56 Å². The Morgan fingerprint density at radius 1 is 1.53 bits per heavy atom. The molecule has 1 rings (SSSR count). The fourth-order valence-corrected chi connectivity index (χ4v) is 1.80. The van der Waals surface area contributed by atoms with Gasteiger partial charge in [-0.2, -0.15) is 0 Å².